The first-order valence-corrected chi connectivity index (χ1v) is 26.6. The Morgan fingerprint density at radius 2 is 1.13 bits per heavy atom. The monoisotopic (exact) mass is 954 g/mol. The zero-order valence-electron chi connectivity index (χ0n) is 42.4. The number of rotatable bonds is 42. The second-order valence-electron chi connectivity index (χ2n) is 18.0. The maximum Gasteiger partial charge on any atom is 0.306 e. The van der Waals surface area contributed by atoms with E-state index in [1.165, 1.54) is 38.5 Å². The average Bonchev–Trinajstić information content (AvgIpc) is 3.33. The Balaban J connectivity index is 2.81. The molecule has 8 atom stereocenters. The van der Waals surface area contributed by atoms with Gasteiger partial charge in [-0.2, -0.15) is 0 Å². The summed E-state index contributed by atoms with van der Waals surface area (Å²) >= 11 is 0. The van der Waals surface area contributed by atoms with Gasteiger partial charge in [-0.1, -0.05) is 208 Å². The highest BCUT2D eigenvalue weighted by molar-refractivity contribution is 5.80. The molecule has 0 radical (unpaired) electrons. The second kappa shape index (κ2) is 44.8. The summed E-state index contributed by atoms with van der Waals surface area (Å²) in [4.78, 5) is 26.3. The van der Waals surface area contributed by atoms with Crippen LogP contribution in [0.25, 0.3) is 0 Å². The van der Waals surface area contributed by atoms with Crippen LogP contribution in [-0.2, 0) is 23.8 Å². The van der Waals surface area contributed by atoms with E-state index in [1.54, 1.807) is 6.08 Å². The highest BCUT2D eigenvalue weighted by Crippen LogP contribution is 2.26. The van der Waals surface area contributed by atoms with Gasteiger partial charge in [-0.05, 0) is 70.6 Å². The molecule has 0 spiro atoms. The summed E-state index contributed by atoms with van der Waals surface area (Å²) < 4.78 is 17.5. The van der Waals surface area contributed by atoms with E-state index in [-0.39, 0.29) is 19.4 Å². The predicted octanol–water partition coefficient (Wildman–Crippen LogP) is 11.2. The van der Waals surface area contributed by atoms with E-state index in [9.17, 15) is 35.1 Å². The lowest BCUT2D eigenvalue weighted by Gasteiger charge is -2.41. The van der Waals surface area contributed by atoms with Crippen molar-refractivity contribution in [3.63, 3.8) is 0 Å². The molecule has 0 aromatic carbocycles. The lowest BCUT2D eigenvalue weighted by atomic mass is 9.99. The number of carbonyl (C=O) groups is 2. The van der Waals surface area contributed by atoms with E-state index in [2.05, 4.69) is 62.5 Å². The Kier molecular flexibility index (Phi) is 41.2. The summed E-state index contributed by atoms with van der Waals surface area (Å²) in [6.45, 7) is 5.46. The fourth-order valence-corrected chi connectivity index (χ4v) is 7.65. The maximum absolute atomic E-state index is 13.3. The van der Waals surface area contributed by atoms with E-state index in [1.807, 2.05) is 54.7 Å². The van der Waals surface area contributed by atoms with Crippen LogP contribution < -0.4 is 5.32 Å². The summed E-state index contributed by atoms with van der Waals surface area (Å²) in [5.41, 5.74) is 0. The van der Waals surface area contributed by atoms with Crippen molar-refractivity contribution in [3.8, 4) is 0 Å². The fourth-order valence-electron chi connectivity index (χ4n) is 7.65. The molecule has 1 rings (SSSR count). The molecule has 0 aromatic heterocycles. The first-order chi connectivity index (χ1) is 33.2. The molecular formula is C57H95NO10. The number of amides is 1. The maximum atomic E-state index is 13.3. The van der Waals surface area contributed by atoms with Gasteiger partial charge in [-0.15, -0.1) is 0 Å². The Hall–Kier alpha value is -3.42. The summed E-state index contributed by atoms with van der Waals surface area (Å²) in [5, 5.41) is 56.6. The molecule has 1 saturated heterocycles. The zero-order valence-corrected chi connectivity index (χ0v) is 42.4. The topological polar surface area (TPSA) is 175 Å². The third kappa shape index (κ3) is 33.2. The van der Waals surface area contributed by atoms with Gasteiger partial charge in [0.15, 0.2) is 12.4 Å². The van der Waals surface area contributed by atoms with Crippen molar-refractivity contribution >= 4 is 11.9 Å². The number of ether oxygens (including phenoxy) is 3. The standard InChI is InChI=1S/C57H95NO10/c1-4-7-10-13-16-19-22-24-25-27-30-33-36-39-42-45-52(62)68-55-54(64)53(63)51(46-59)67-57(55)66-47-48(49(60)43-40-37-34-31-28-21-18-15-12-9-6-3)58-56(65)50(61)44-41-38-35-32-29-26-23-20-17-14-11-8-5-2/h7-8,10-11,13,16-17,19-20,22,24-25,27,30,40,43,48-51,53-55,57,59-61,63-64H,4-6,9,12,14-15,18,21,23,26,28-29,31-39,41-42,44-47H2,1-3H3,(H,58,65)/b10-7+,11-8+,16-13+,20-17+,22-19-,25-24-,30-27+,43-40+. The van der Waals surface area contributed by atoms with Gasteiger partial charge < -0.3 is 45.1 Å². The lowest BCUT2D eigenvalue weighted by Crippen LogP contribution is -2.61. The van der Waals surface area contributed by atoms with Crippen molar-refractivity contribution in [2.75, 3.05) is 13.2 Å². The normalized spacial score (nSPS) is 20.7. The number of hydrogen-bond donors (Lipinski definition) is 6. The molecule has 1 heterocycles. The molecule has 0 aliphatic carbocycles. The molecule has 11 nitrogen and oxygen atoms in total. The molecule has 1 fully saturated rings. The minimum Gasteiger partial charge on any atom is -0.454 e. The smallest absolute Gasteiger partial charge is 0.306 e. The van der Waals surface area contributed by atoms with Gasteiger partial charge in [-0.25, -0.2) is 0 Å². The predicted molar refractivity (Wildman–Crippen MR) is 278 cm³/mol. The van der Waals surface area contributed by atoms with Gasteiger partial charge in [0.05, 0.1) is 25.4 Å². The molecule has 8 unspecified atom stereocenters. The minimum absolute atomic E-state index is 0.0684. The Morgan fingerprint density at radius 3 is 1.75 bits per heavy atom. The highest BCUT2D eigenvalue weighted by atomic mass is 16.7. The van der Waals surface area contributed by atoms with Crippen molar-refractivity contribution in [2.45, 2.75) is 237 Å². The molecule has 1 aliphatic rings. The quantitative estimate of drug-likeness (QED) is 0.0150. The molecule has 388 valence electrons. The SMILES string of the molecule is CC/C=C/C=C/C=C\C=C/C=C/CCCCCC(=O)OC1C(OCC(NC(=O)C(O)CCCCCCCC/C=C/C/C=C/CC)C(O)/C=C/CCCCCCCCCCC)OC(CO)C(O)C1O. The van der Waals surface area contributed by atoms with Crippen LogP contribution in [0, 0.1) is 0 Å². The van der Waals surface area contributed by atoms with Crippen molar-refractivity contribution < 1.29 is 49.3 Å². The summed E-state index contributed by atoms with van der Waals surface area (Å²) in [6, 6.07) is -1.04. The van der Waals surface area contributed by atoms with Crippen LogP contribution in [0.2, 0.25) is 0 Å². The lowest BCUT2D eigenvalue weighted by molar-refractivity contribution is -0.305. The van der Waals surface area contributed by atoms with Crippen molar-refractivity contribution in [3.05, 3.63) is 97.2 Å². The Labute approximate surface area is 412 Å². The van der Waals surface area contributed by atoms with Gasteiger partial charge in [0, 0.05) is 6.42 Å². The van der Waals surface area contributed by atoms with E-state index in [0.717, 1.165) is 103 Å². The van der Waals surface area contributed by atoms with Gasteiger partial charge in [0.2, 0.25) is 5.91 Å². The first kappa shape index (κ1) is 62.6. The van der Waals surface area contributed by atoms with E-state index in [0.29, 0.717) is 12.8 Å². The third-order valence-corrected chi connectivity index (χ3v) is 11.9. The zero-order chi connectivity index (χ0) is 49.7. The number of aliphatic hydroxyl groups is 5. The van der Waals surface area contributed by atoms with Crippen LogP contribution in [0.5, 0.6) is 0 Å². The van der Waals surface area contributed by atoms with E-state index < -0.39 is 67.4 Å². The van der Waals surface area contributed by atoms with Crippen LogP contribution in [-0.4, -0.2) is 99.6 Å². The van der Waals surface area contributed by atoms with E-state index >= 15 is 0 Å². The average molecular weight is 954 g/mol. The number of aliphatic hydroxyl groups excluding tert-OH is 5. The Bertz CT molecular complexity index is 1470. The van der Waals surface area contributed by atoms with Crippen LogP contribution in [0.15, 0.2) is 97.2 Å². The summed E-state index contributed by atoms with van der Waals surface area (Å²) in [5.74, 6) is -1.26. The van der Waals surface area contributed by atoms with Gasteiger partial charge in [0.1, 0.15) is 24.4 Å². The number of hydrogen-bond acceptors (Lipinski definition) is 10. The Morgan fingerprint density at radius 1 is 0.603 bits per heavy atom. The first-order valence-electron chi connectivity index (χ1n) is 26.6. The molecule has 1 amide bonds. The highest BCUT2D eigenvalue weighted by Gasteiger charge is 2.47. The molecular weight excluding hydrogens is 859 g/mol. The number of nitrogens with one attached hydrogen (secondary N) is 1. The van der Waals surface area contributed by atoms with Gasteiger partial charge >= 0.3 is 5.97 Å². The number of allylic oxidation sites excluding steroid dienone is 15. The molecule has 0 aromatic rings. The third-order valence-electron chi connectivity index (χ3n) is 11.9. The molecule has 0 bridgehead atoms. The molecule has 11 heteroatoms. The largest absolute Gasteiger partial charge is 0.454 e. The van der Waals surface area contributed by atoms with Crippen molar-refractivity contribution in [1.82, 2.24) is 5.32 Å². The van der Waals surface area contributed by atoms with E-state index in [4.69, 9.17) is 14.2 Å². The summed E-state index contributed by atoms with van der Waals surface area (Å²) in [6.07, 6.45) is 47.4. The van der Waals surface area contributed by atoms with Crippen LogP contribution >= 0.6 is 0 Å². The van der Waals surface area contributed by atoms with Crippen molar-refractivity contribution in [2.24, 2.45) is 0 Å². The minimum atomic E-state index is -1.64. The number of carbonyl (C=O) groups excluding carboxylic acids is 2. The fraction of sp³-hybridized carbons (Fsp3) is 0.684. The molecule has 68 heavy (non-hydrogen) atoms. The van der Waals surface area contributed by atoms with Crippen LogP contribution in [0.3, 0.4) is 0 Å². The second-order valence-corrected chi connectivity index (χ2v) is 18.0. The van der Waals surface area contributed by atoms with Gasteiger partial charge in [-0.3, -0.25) is 9.59 Å². The summed E-state index contributed by atoms with van der Waals surface area (Å²) in [7, 11) is 0. The number of unbranched alkanes of at least 4 members (excludes halogenated alkanes) is 18. The molecule has 6 N–H and O–H groups in total. The van der Waals surface area contributed by atoms with Crippen LogP contribution in [0.1, 0.15) is 188 Å². The molecule has 0 saturated carbocycles. The molecule has 1 aliphatic heterocycles. The van der Waals surface area contributed by atoms with Crippen molar-refractivity contribution in [1.29, 1.82) is 0 Å². The number of esters is 1. The van der Waals surface area contributed by atoms with Crippen LogP contribution in [0.4, 0.5) is 0 Å². The van der Waals surface area contributed by atoms with Gasteiger partial charge in [0.25, 0.3) is 0 Å².